The van der Waals surface area contributed by atoms with Crippen molar-refractivity contribution < 1.29 is 9.52 Å². The van der Waals surface area contributed by atoms with E-state index in [0.717, 1.165) is 42.7 Å². The molecule has 1 aliphatic rings. The Labute approximate surface area is 169 Å². The number of pyridine rings is 1. The Balaban J connectivity index is 1.35. The standard InChI is InChI=1S/C22H26N4O3/c1-15-4-10-21(29-15)20(27)14-24-17-5-7-18(8-6-17)26-22(28)11-9-19(25-26)16-3-2-12-23-13-16/h2-4,9-13,17-18,20,24,27H,5-8,14H2,1H3. The van der Waals surface area contributed by atoms with E-state index in [-0.39, 0.29) is 11.6 Å². The smallest absolute Gasteiger partial charge is 0.267 e. The van der Waals surface area contributed by atoms with Crippen LogP contribution in [0.5, 0.6) is 0 Å². The van der Waals surface area contributed by atoms with Gasteiger partial charge in [-0.2, -0.15) is 5.10 Å². The quantitative estimate of drug-likeness (QED) is 0.668. The van der Waals surface area contributed by atoms with E-state index in [0.29, 0.717) is 18.3 Å². The van der Waals surface area contributed by atoms with E-state index >= 15 is 0 Å². The van der Waals surface area contributed by atoms with Gasteiger partial charge in [-0.1, -0.05) is 0 Å². The Morgan fingerprint density at radius 2 is 2.03 bits per heavy atom. The number of aryl methyl sites for hydroxylation is 1. The van der Waals surface area contributed by atoms with Crippen molar-refractivity contribution in [3.8, 4) is 11.3 Å². The summed E-state index contributed by atoms with van der Waals surface area (Å²) in [4.78, 5) is 16.5. The Kier molecular flexibility index (Phi) is 5.87. The average molecular weight is 394 g/mol. The van der Waals surface area contributed by atoms with Crippen molar-refractivity contribution in [2.24, 2.45) is 0 Å². The Morgan fingerprint density at radius 3 is 2.72 bits per heavy atom. The molecule has 3 heterocycles. The zero-order valence-corrected chi connectivity index (χ0v) is 16.5. The average Bonchev–Trinajstić information content (AvgIpc) is 3.20. The van der Waals surface area contributed by atoms with Gasteiger partial charge >= 0.3 is 0 Å². The maximum atomic E-state index is 12.4. The SMILES string of the molecule is Cc1ccc(C(O)CNC2CCC(n3nc(-c4cccnc4)ccc3=O)CC2)o1. The molecule has 4 rings (SSSR count). The molecule has 0 amide bonds. The van der Waals surface area contributed by atoms with Crippen LogP contribution in [0.2, 0.25) is 0 Å². The number of hydrogen-bond acceptors (Lipinski definition) is 6. The summed E-state index contributed by atoms with van der Waals surface area (Å²) < 4.78 is 7.10. The number of aliphatic hydroxyl groups is 1. The highest BCUT2D eigenvalue weighted by molar-refractivity contribution is 5.56. The molecule has 1 atom stereocenters. The van der Waals surface area contributed by atoms with Crippen LogP contribution < -0.4 is 10.9 Å². The first-order valence-corrected chi connectivity index (χ1v) is 10.1. The lowest BCUT2D eigenvalue weighted by atomic mass is 9.91. The van der Waals surface area contributed by atoms with Crippen molar-refractivity contribution in [2.75, 3.05) is 6.54 Å². The lowest BCUT2D eigenvalue weighted by molar-refractivity contribution is 0.136. The first-order valence-electron chi connectivity index (χ1n) is 10.1. The molecule has 0 bridgehead atoms. The number of furan rings is 1. The molecule has 0 spiro atoms. The molecule has 7 heteroatoms. The van der Waals surface area contributed by atoms with Crippen molar-refractivity contribution in [2.45, 2.75) is 50.8 Å². The number of hydrogen-bond donors (Lipinski definition) is 2. The van der Waals surface area contributed by atoms with Gasteiger partial charge in [0.05, 0.1) is 11.7 Å². The summed E-state index contributed by atoms with van der Waals surface area (Å²) >= 11 is 0. The van der Waals surface area contributed by atoms with Crippen LogP contribution in [0.1, 0.15) is 49.3 Å². The summed E-state index contributed by atoms with van der Waals surface area (Å²) in [7, 11) is 0. The summed E-state index contributed by atoms with van der Waals surface area (Å²) in [5.74, 6) is 1.39. The van der Waals surface area contributed by atoms with E-state index in [1.165, 1.54) is 0 Å². The molecule has 0 saturated heterocycles. The van der Waals surface area contributed by atoms with Crippen molar-refractivity contribution in [1.29, 1.82) is 0 Å². The number of aliphatic hydroxyl groups excluding tert-OH is 1. The van der Waals surface area contributed by atoms with E-state index in [2.05, 4.69) is 15.4 Å². The third kappa shape index (κ3) is 4.63. The van der Waals surface area contributed by atoms with Gasteiger partial charge in [-0.05, 0) is 62.9 Å². The minimum absolute atomic E-state index is 0.0716. The van der Waals surface area contributed by atoms with Gasteiger partial charge in [-0.25, -0.2) is 4.68 Å². The number of rotatable bonds is 6. The molecule has 1 fully saturated rings. The van der Waals surface area contributed by atoms with Crippen LogP contribution in [-0.4, -0.2) is 32.5 Å². The van der Waals surface area contributed by atoms with E-state index < -0.39 is 6.10 Å². The molecule has 0 radical (unpaired) electrons. The maximum Gasteiger partial charge on any atom is 0.267 e. The first-order chi connectivity index (χ1) is 14.1. The van der Waals surface area contributed by atoms with Crippen LogP contribution in [0.3, 0.4) is 0 Å². The van der Waals surface area contributed by atoms with Gasteiger partial charge in [0.15, 0.2) is 0 Å². The number of nitrogens with zero attached hydrogens (tertiary/aromatic N) is 3. The first kappa shape index (κ1) is 19.5. The largest absolute Gasteiger partial charge is 0.464 e. The van der Waals surface area contributed by atoms with Crippen molar-refractivity contribution in [3.05, 3.63) is 70.7 Å². The van der Waals surface area contributed by atoms with E-state index in [1.807, 2.05) is 31.2 Å². The molecular weight excluding hydrogens is 368 g/mol. The molecule has 1 unspecified atom stereocenters. The zero-order valence-electron chi connectivity index (χ0n) is 16.5. The second-order valence-corrected chi connectivity index (χ2v) is 7.62. The van der Waals surface area contributed by atoms with Crippen LogP contribution in [0.25, 0.3) is 11.3 Å². The molecule has 0 aliphatic heterocycles. The molecule has 3 aromatic heterocycles. The van der Waals surface area contributed by atoms with Gasteiger partial charge in [0.1, 0.15) is 17.6 Å². The molecular formula is C22H26N4O3. The van der Waals surface area contributed by atoms with Crippen LogP contribution in [0.15, 0.2) is 58.0 Å². The summed E-state index contributed by atoms with van der Waals surface area (Å²) in [6.45, 7) is 2.32. The predicted octanol–water partition coefficient (Wildman–Crippen LogP) is 3.01. The van der Waals surface area contributed by atoms with Crippen LogP contribution in [-0.2, 0) is 0 Å². The van der Waals surface area contributed by atoms with Gasteiger partial charge in [0, 0.05) is 36.6 Å². The summed E-state index contributed by atoms with van der Waals surface area (Å²) in [6, 6.07) is 11.2. The Bertz CT molecular complexity index is 991. The molecule has 1 aliphatic carbocycles. The minimum atomic E-state index is -0.651. The number of aromatic nitrogens is 3. The molecule has 2 N–H and O–H groups in total. The van der Waals surface area contributed by atoms with Crippen molar-refractivity contribution >= 4 is 0 Å². The predicted molar refractivity (Wildman–Crippen MR) is 109 cm³/mol. The fourth-order valence-electron chi connectivity index (χ4n) is 3.89. The van der Waals surface area contributed by atoms with E-state index in [4.69, 9.17) is 4.42 Å². The fraction of sp³-hybridized carbons (Fsp3) is 0.409. The maximum absolute atomic E-state index is 12.4. The van der Waals surface area contributed by atoms with Gasteiger partial charge < -0.3 is 14.8 Å². The summed E-state index contributed by atoms with van der Waals surface area (Å²) in [5, 5.41) is 18.3. The lowest BCUT2D eigenvalue weighted by Crippen LogP contribution is -2.38. The van der Waals surface area contributed by atoms with Gasteiger partial charge in [-0.15, -0.1) is 0 Å². The molecule has 0 aromatic carbocycles. The Morgan fingerprint density at radius 1 is 1.21 bits per heavy atom. The topological polar surface area (TPSA) is 93.2 Å². The van der Waals surface area contributed by atoms with Crippen LogP contribution in [0.4, 0.5) is 0 Å². The highest BCUT2D eigenvalue weighted by atomic mass is 16.4. The summed E-state index contributed by atoms with van der Waals surface area (Å²) in [6.07, 6.45) is 6.43. The second-order valence-electron chi connectivity index (χ2n) is 7.62. The molecule has 3 aromatic rings. The fourth-order valence-corrected chi connectivity index (χ4v) is 3.89. The van der Waals surface area contributed by atoms with Gasteiger partial charge in [-0.3, -0.25) is 9.78 Å². The highest BCUT2D eigenvalue weighted by Gasteiger charge is 2.24. The molecule has 7 nitrogen and oxygen atoms in total. The van der Waals surface area contributed by atoms with E-state index in [1.54, 1.807) is 29.2 Å². The highest BCUT2D eigenvalue weighted by Crippen LogP contribution is 2.28. The monoisotopic (exact) mass is 394 g/mol. The van der Waals surface area contributed by atoms with E-state index in [9.17, 15) is 9.90 Å². The zero-order chi connectivity index (χ0) is 20.2. The third-order valence-corrected chi connectivity index (χ3v) is 5.51. The van der Waals surface area contributed by atoms with Gasteiger partial charge in [0.25, 0.3) is 5.56 Å². The molecule has 1 saturated carbocycles. The number of nitrogens with one attached hydrogen (secondary N) is 1. The van der Waals surface area contributed by atoms with Crippen LogP contribution >= 0.6 is 0 Å². The lowest BCUT2D eigenvalue weighted by Gasteiger charge is -2.30. The second kappa shape index (κ2) is 8.71. The third-order valence-electron chi connectivity index (χ3n) is 5.51. The molecule has 152 valence electrons. The normalized spacial score (nSPS) is 20.5. The van der Waals surface area contributed by atoms with Crippen molar-refractivity contribution in [1.82, 2.24) is 20.1 Å². The van der Waals surface area contributed by atoms with Crippen LogP contribution in [0, 0.1) is 6.92 Å². The van der Waals surface area contributed by atoms with Gasteiger partial charge in [0.2, 0.25) is 0 Å². The Hall–Kier alpha value is -2.77. The summed E-state index contributed by atoms with van der Waals surface area (Å²) in [5.41, 5.74) is 1.59. The molecule has 29 heavy (non-hydrogen) atoms. The minimum Gasteiger partial charge on any atom is -0.464 e. The van der Waals surface area contributed by atoms with Crippen molar-refractivity contribution in [3.63, 3.8) is 0 Å².